The largest absolute Gasteiger partial charge is 0.312 e. The Balaban J connectivity index is 2.42. The van der Waals surface area contributed by atoms with Crippen molar-refractivity contribution in [3.05, 3.63) is 38.8 Å². The molecule has 1 N–H and O–H groups in total. The lowest BCUT2D eigenvalue weighted by Gasteiger charge is -2.06. The number of hydrogen-bond acceptors (Lipinski definition) is 3. The zero-order valence-corrected chi connectivity index (χ0v) is 12.7. The van der Waals surface area contributed by atoms with E-state index < -0.39 is 0 Å². The van der Waals surface area contributed by atoms with Crippen molar-refractivity contribution in [2.45, 2.75) is 19.9 Å². The lowest BCUT2D eigenvalue weighted by molar-refractivity contribution is 0.658. The van der Waals surface area contributed by atoms with Gasteiger partial charge in [-0.05, 0) is 33.0 Å². The molecule has 0 saturated carbocycles. The van der Waals surface area contributed by atoms with Crippen LogP contribution in [-0.4, -0.2) is 12.0 Å². The molecule has 0 spiro atoms. The number of aromatic nitrogens is 1. The first kappa shape index (κ1) is 13.8. The molecule has 1 atom stereocenters. The Morgan fingerprint density at radius 2 is 2.00 bits per heavy atom. The van der Waals surface area contributed by atoms with Crippen LogP contribution in [0, 0.1) is 6.92 Å². The summed E-state index contributed by atoms with van der Waals surface area (Å²) in [5.74, 6) is 0. The third kappa shape index (κ3) is 2.69. The molecule has 0 aliphatic carbocycles. The molecular formula is C13H14Cl2N2S. The summed E-state index contributed by atoms with van der Waals surface area (Å²) < 4.78 is 0. The minimum absolute atomic E-state index is 0.305. The van der Waals surface area contributed by atoms with E-state index in [-0.39, 0.29) is 0 Å². The Bertz CT molecular complexity index is 566. The van der Waals surface area contributed by atoms with Gasteiger partial charge in [-0.3, -0.25) is 0 Å². The molecular weight excluding hydrogens is 287 g/mol. The van der Waals surface area contributed by atoms with E-state index in [2.05, 4.69) is 17.2 Å². The molecule has 1 aromatic heterocycles. The normalized spacial score (nSPS) is 12.7. The SMILES string of the molecule is CNC(C)c1sc(-c2ccc(Cl)c(Cl)c2)nc1C. The van der Waals surface area contributed by atoms with Gasteiger partial charge in [-0.1, -0.05) is 29.3 Å². The molecule has 1 unspecified atom stereocenters. The second kappa shape index (κ2) is 5.57. The monoisotopic (exact) mass is 300 g/mol. The Labute approximate surface area is 121 Å². The molecule has 1 aromatic carbocycles. The fourth-order valence-corrected chi connectivity index (χ4v) is 3.12. The number of nitrogens with one attached hydrogen (secondary N) is 1. The quantitative estimate of drug-likeness (QED) is 0.888. The van der Waals surface area contributed by atoms with Gasteiger partial charge in [0.15, 0.2) is 0 Å². The number of hydrogen-bond donors (Lipinski definition) is 1. The van der Waals surface area contributed by atoms with Crippen LogP contribution in [0.15, 0.2) is 18.2 Å². The molecule has 2 nitrogen and oxygen atoms in total. The van der Waals surface area contributed by atoms with Crippen LogP contribution in [0.25, 0.3) is 10.6 Å². The molecule has 0 amide bonds. The van der Waals surface area contributed by atoms with Crippen molar-refractivity contribution in [3.8, 4) is 10.6 Å². The van der Waals surface area contributed by atoms with Crippen LogP contribution in [0.4, 0.5) is 0 Å². The van der Waals surface area contributed by atoms with Crippen molar-refractivity contribution >= 4 is 34.5 Å². The van der Waals surface area contributed by atoms with Gasteiger partial charge < -0.3 is 5.32 Å². The molecule has 0 bridgehead atoms. The Morgan fingerprint density at radius 3 is 2.61 bits per heavy atom. The predicted octanol–water partition coefficient (Wildman–Crippen LogP) is 4.71. The highest BCUT2D eigenvalue weighted by Crippen LogP contribution is 2.34. The predicted molar refractivity (Wildman–Crippen MR) is 79.8 cm³/mol. The summed E-state index contributed by atoms with van der Waals surface area (Å²) in [5.41, 5.74) is 2.06. The fraction of sp³-hybridized carbons (Fsp3) is 0.308. The van der Waals surface area contributed by atoms with Gasteiger partial charge in [-0.2, -0.15) is 0 Å². The van der Waals surface area contributed by atoms with E-state index in [1.165, 1.54) is 4.88 Å². The maximum atomic E-state index is 6.03. The summed E-state index contributed by atoms with van der Waals surface area (Å²) in [6.45, 7) is 4.15. The first-order valence-corrected chi connectivity index (χ1v) is 7.20. The number of aryl methyl sites for hydroxylation is 1. The highest BCUT2D eigenvalue weighted by atomic mass is 35.5. The van der Waals surface area contributed by atoms with Crippen LogP contribution in [0.2, 0.25) is 10.0 Å². The molecule has 0 radical (unpaired) electrons. The highest BCUT2D eigenvalue weighted by Gasteiger charge is 2.14. The minimum atomic E-state index is 0.305. The van der Waals surface area contributed by atoms with Crippen molar-refractivity contribution in [3.63, 3.8) is 0 Å². The van der Waals surface area contributed by atoms with E-state index in [0.29, 0.717) is 16.1 Å². The molecule has 0 fully saturated rings. The average Bonchev–Trinajstić information content (AvgIpc) is 2.74. The Morgan fingerprint density at radius 1 is 1.28 bits per heavy atom. The molecule has 2 rings (SSSR count). The second-order valence-corrected chi connectivity index (χ2v) is 5.95. The molecule has 0 saturated heterocycles. The van der Waals surface area contributed by atoms with Crippen molar-refractivity contribution in [2.24, 2.45) is 0 Å². The lowest BCUT2D eigenvalue weighted by Crippen LogP contribution is -2.11. The summed E-state index contributed by atoms with van der Waals surface area (Å²) in [6, 6.07) is 5.91. The van der Waals surface area contributed by atoms with Gasteiger partial charge in [0.2, 0.25) is 0 Å². The van der Waals surface area contributed by atoms with Gasteiger partial charge in [0.25, 0.3) is 0 Å². The topological polar surface area (TPSA) is 24.9 Å². The molecule has 96 valence electrons. The molecule has 0 aliphatic heterocycles. The lowest BCUT2D eigenvalue weighted by atomic mass is 10.2. The van der Waals surface area contributed by atoms with Crippen LogP contribution in [0.1, 0.15) is 23.5 Å². The Hall–Kier alpha value is -0.610. The van der Waals surface area contributed by atoms with Crippen LogP contribution < -0.4 is 5.32 Å². The first-order valence-electron chi connectivity index (χ1n) is 5.63. The fourth-order valence-electron chi connectivity index (χ4n) is 1.69. The third-order valence-corrected chi connectivity index (χ3v) is 4.95. The van der Waals surface area contributed by atoms with Gasteiger partial charge in [-0.25, -0.2) is 4.98 Å². The maximum absolute atomic E-state index is 6.03. The summed E-state index contributed by atoms with van der Waals surface area (Å²) >= 11 is 13.6. The third-order valence-electron chi connectivity index (χ3n) is 2.83. The second-order valence-electron chi connectivity index (χ2n) is 4.11. The summed E-state index contributed by atoms with van der Waals surface area (Å²) in [5, 5.41) is 5.33. The van der Waals surface area contributed by atoms with Crippen molar-refractivity contribution < 1.29 is 0 Å². The number of nitrogens with zero attached hydrogens (tertiary/aromatic N) is 1. The average molecular weight is 301 g/mol. The summed E-state index contributed by atoms with van der Waals surface area (Å²) in [4.78, 5) is 5.85. The number of benzene rings is 1. The van der Waals surface area contributed by atoms with Crippen LogP contribution in [-0.2, 0) is 0 Å². The molecule has 18 heavy (non-hydrogen) atoms. The first-order chi connectivity index (χ1) is 8.52. The van der Waals surface area contributed by atoms with E-state index in [1.54, 1.807) is 17.4 Å². The van der Waals surface area contributed by atoms with E-state index in [4.69, 9.17) is 23.2 Å². The molecule has 1 heterocycles. The number of thiazole rings is 1. The van der Waals surface area contributed by atoms with E-state index in [1.807, 2.05) is 26.1 Å². The van der Waals surface area contributed by atoms with Crippen LogP contribution >= 0.6 is 34.5 Å². The minimum Gasteiger partial charge on any atom is -0.312 e. The Kier molecular flexibility index (Phi) is 4.28. The van der Waals surface area contributed by atoms with Gasteiger partial charge in [0.1, 0.15) is 5.01 Å². The van der Waals surface area contributed by atoms with Gasteiger partial charge in [0.05, 0.1) is 15.7 Å². The van der Waals surface area contributed by atoms with Crippen molar-refractivity contribution in [2.75, 3.05) is 7.05 Å². The van der Waals surface area contributed by atoms with Crippen LogP contribution in [0.3, 0.4) is 0 Å². The number of halogens is 2. The van der Waals surface area contributed by atoms with Crippen molar-refractivity contribution in [1.82, 2.24) is 10.3 Å². The maximum Gasteiger partial charge on any atom is 0.123 e. The zero-order valence-electron chi connectivity index (χ0n) is 10.4. The van der Waals surface area contributed by atoms with E-state index in [9.17, 15) is 0 Å². The standard InChI is InChI=1S/C13H14Cl2N2S/c1-7(16-3)12-8(2)17-13(18-12)9-4-5-10(14)11(15)6-9/h4-7,16H,1-3H3. The molecule has 0 aliphatic rings. The van der Waals surface area contributed by atoms with Gasteiger partial charge in [0, 0.05) is 16.5 Å². The summed E-state index contributed by atoms with van der Waals surface area (Å²) in [6.07, 6.45) is 0. The van der Waals surface area contributed by atoms with E-state index in [0.717, 1.165) is 16.3 Å². The van der Waals surface area contributed by atoms with E-state index >= 15 is 0 Å². The zero-order chi connectivity index (χ0) is 13.3. The molecule has 5 heteroatoms. The summed E-state index contributed by atoms with van der Waals surface area (Å²) in [7, 11) is 1.95. The van der Waals surface area contributed by atoms with Gasteiger partial charge >= 0.3 is 0 Å². The van der Waals surface area contributed by atoms with Crippen molar-refractivity contribution in [1.29, 1.82) is 0 Å². The molecule has 2 aromatic rings. The van der Waals surface area contributed by atoms with Crippen LogP contribution in [0.5, 0.6) is 0 Å². The smallest absolute Gasteiger partial charge is 0.123 e. The number of rotatable bonds is 3. The highest BCUT2D eigenvalue weighted by molar-refractivity contribution is 7.15. The van der Waals surface area contributed by atoms with Gasteiger partial charge in [-0.15, -0.1) is 11.3 Å².